The Morgan fingerprint density at radius 3 is 2.73 bits per heavy atom. The first-order valence-electron chi connectivity index (χ1n) is 6.20. The van der Waals surface area contributed by atoms with Gasteiger partial charge in [0.1, 0.15) is 17.6 Å². The SMILES string of the molecule is O=C(NCC(O)c1ccco1)c1cccc(OC(F)(F)F)c1. The van der Waals surface area contributed by atoms with E-state index in [0.717, 1.165) is 12.1 Å². The lowest BCUT2D eigenvalue weighted by atomic mass is 10.2. The van der Waals surface area contributed by atoms with Gasteiger partial charge in [-0.2, -0.15) is 0 Å². The zero-order valence-corrected chi connectivity index (χ0v) is 11.1. The Balaban J connectivity index is 1.96. The highest BCUT2D eigenvalue weighted by molar-refractivity contribution is 5.94. The van der Waals surface area contributed by atoms with Gasteiger partial charge in [0.15, 0.2) is 0 Å². The Morgan fingerprint density at radius 1 is 1.32 bits per heavy atom. The van der Waals surface area contributed by atoms with Gasteiger partial charge in [0.25, 0.3) is 5.91 Å². The summed E-state index contributed by atoms with van der Waals surface area (Å²) < 4.78 is 45.1. The fourth-order valence-corrected chi connectivity index (χ4v) is 1.71. The number of furan rings is 1. The summed E-state index contributed by atoms with van der Waals surface area (Å²) in [4.78, 5) is 11.8. The topological polar surface area (TPSA) is 71.7 Å². The number of rotatable bonds is 5. The molecule has 1 heterocycles. The van der Waals surface area contributed by atoms with E-state index in [9.17, 15) is 23.1 Å². The first-order valence-corrected chi connectivity index (χ1v) is 6.20. The van der Waals surface area contributed by atoms with Crippen LogP contribution in [0.25, 0.3) is 0 Å². The summed E-state index contributed by atoms with van der Waals surface area (Å²) in [5.74, 6) is -0.862. The highest BCUT2D eigenvalue weighted by atomic mass is 19.4. The molecule has 1 amide bonds. The van der Waals surface area contributed by atoms with E-state index < -0.39 is 24.1 Å². The van der Waals surface area contributed by atoms with Crippen LogP contribution in [-0.2, 0) is 0 Å². The van der Waals surface area contributed by atoms with E-state index in [2.05, 4.69) is 10.1 Å². The van der Waals surface area contributed by atoms with E-state index in [0.29, 0.717) is 0 Å². The third-order valence-electron chi connectivity index (χ3n) is 2.66. The number of halogens is 3. The second-order valence-electron chi connectivity index (χ2n) is 4.32. The van der Waals surface area contributed by atoms with Crippen LogP contribution in [0.4, 0.5) is 13.2 Å². The number of alkyl halides is 3. The molecule has 2 rings (SSSR count). The standard InChI is InChI=1S/C14H12F3NO4/c15-14(16,17)22-10-4-1-3-9(7-10)13(20)18-8-11(19)12-5-2-6-21-12/h1-7,11,19H,8H2,(H,18,20). The molecular formula is C14H12F3NO4. The minimum atomic E-state index is -4.83. The van der Waals surface area contributed by atoms with E-state index in [1.54, 1.807) is 6.07 Å². The molecule has 0 spiro atoms. The fourth-order valence-electron chi connectivity index (χ4n) is 1.71. The maximum absolute atomic E-state index is 12.1. The lowest BCUT2D eigenvalue weighted by Crippen LogP contribution is -2.28. The molecule has 0 radical (unpaired) electrons. The van der Waals surface area contributed by atoms with E-state index in [1.807, 2.05) is 0 Å². The summed E-state index contributed by atoms with van der Waals surface area (Å²) in [5.41, 5.74) is -0.0200. The van der Waals surface area contributed by atoms with Crippen LogP contribution in [0.1, 0.15) is 22.2 Å². The molecule has 118 valence electrons. The van der Waals surface area contributed by atoms with Crippen LogP contribution in [-0.4, -0.2) is 23.9 Å². The number of nitrogens with one attached hydrogen (secondary N) is 1. The Hall–Kier alpha value is -2.48. The van der Waals surface area contributed by atoms with Gasteiger partial charge in [-0.25, -0.2) is 0 Å². The van der Waals surface area contributed by atoms with Crippen LogP contribution in [0.5, 0.6) is 5.75 Å². The predicted molar refractivity (Wildman–Crippen MR) is 69.1 cm³/mol. The summed E-state index contributed by atoms with van der Waals surface area (Å²) in [6.07, 6.45) is -4.50. The van der Waals surface area contributed by atoms with Crippen molar-refractivity contribution in [3.8, 4) is 5.75 Å². The molecule has 0 aliphatic heterocycles. The van der Waals surface area contributed by atoms with Crippen molar-refractivity contribution in [2.24, 2.45) is 0 Å². The molecule has 0 bridgehead atoms. The Bertz CT molecular complexity index is 625. The van der Waals surface area contributed by atoms with Crippen molar-refractivity contribution < 1.29 is 32.2 Å². The van der Waals surface area contributed by atoms with Gasteiger partial charge in [-0.05, 0) is 30.3 Å². The van der Waals surface area contributed by atoms with Crippen LogP contribution < -0.4 is 10.1 Å². The Kier molecular flexibility index (Phi) is 4.71. The fraction of sp³-hybridized carbons (Fsp3) is 0.214. The number of benzene rings is 1. The molecule has 0 fully saturated rings. The first-order chi connectivity index (χ1) is 10.3. The minimum absolute atomic E-state index is 0.0200. The molecule has 1 aromatic heterocycles. The van der Waals surface area contributed by atoms with Crippen molar-refractivity contribution in [3.63, 3.8) is 0 Å². The predicted octanol–water partition coefficient (Wildman–Crippen LogP) is 2.64. The number of aliphatic hydroxyl groups excluding tert-OH is 1. The number of amides is 1. The Labute approximate surface area is 123 Å². The van der Waals surface area contributed by atoms with E-state index in [4.69, 9.17) is 4.42 Å². The number of carbonyl (C=O) groups is 1. The van der Waals surface area contributed by atoms with Gasteiger partial charge in [-0.15, -0.1) is 13.2 Å². The Morgan fingerprint density at radius 2 is 2.09 bits per heavy atom. The average molecular weight is 315 g/mol. The first kappa shape index (κ1) is 15.9. The molecule has 0 saturated heterocycles. The van der Waals surface area contributed by atoms with Crippen LogP contribution in [0, 0.1) is 0 Å². The lowest BCUT2D eigenvalue weighted by Gasteiger charge is -2.11. The van der Waals surface area contributed by atoms with Gasteiger partial charge in [0, 0.05) is 5.56 Å². The molecule has 5 nitrogen and oxygen atoms in total. The summed E-state index contributed by atoms with van der Waals surface area (Å²) in [6, 6.07) is 7.76. The maximum atomic E-state index is 12.1. The monoisotopic (exact) mass is 315 g/mol. The van der Waals surface area contributed by atoms with Crippen LogP contribution in [0.3, 0.4) is 0 Å². The molecule has 0 aliphatic rings. The number of hydrogen-bond donors (Lipinski definition) is 2. The van der Waals surface area contributed by atoms with Crippen molar-refractivity contribution >= 4 is 5.91 Å². The third-order valence-corrected chi connectivity index (χ3v) is 2.66. The normalized spacial score (nSPS) is 12.7. The van der Waals surface area contributed by atoms with Crippen LogP contribution in [0.2, 0.25) is 0 Å². The van der Waals surface area contributed by atoms with E-state index >= 15 is 0 Å². The number of hydrogen-bond acceptors (Lipinski definition) is 4. The molecule has 2 N–H and O–H groups in total. The molecule has 0 aliphatic carbocycles. The summed E-state index contributed by atoms with van der Waals surface area (Å²) >= 11 is 0. The van der Waals surface area contributed by atoms with Crippen molar-refractivity contribution in [3.05, 3.63) is 54.0 Å². The van der Waals surface area contributed by atoms with Gasteiger partial charge in [-0.1, -0.05) is 6.07 Å². The van der Waals surface area contributed by atoms with E-state index in [-0.39, 0.29) is 17.9 Å². The van der Waals surface area contributed by atoms with Crippen molar-refractivity contribution in [1.29, 1.82) is 0 Å². The van der Waals surface area contributed by atoms with Gasteiger partial charge < -0.3 is 19.6 Å². The quantitative estimate of drug-likeness (QED) is 0.890. The van der Waals surface area contributed by atoms with Gasteiger partial charge in [0.05, 0.1) is 12.8 Å². The van der Waals surface area contributed by atoms with Gasteiger partial charge in [0.2, 0.25) is 0 Å². The number of carbonyl (C=O) groups excluding carboxylic acids is 1. The largest absolute Gasteiger partial charge is 0.573 e. The number of ether oxygens (including phenoxy) is 1. The zero-order valence-electron chi connectivity index (χ0n) is 11.1. The summed E-state index contributed by atoms with van der Waals surface area (Å²) in [7, 11) is 0. The molecule has 2 aromatic rings. The van der Waals surface area contributed by atoms with Crippen LogP contribution in [0.15, 0.2) is 47.1 Å². The van der Waals surface area contributed by atoms with Crippen molar-refractivity contribution in [2.75, 3.05) is 6.54 Å². The molecule has 1 atom stereocenters. The summed E-state index contributed by atoms with van der Waals surface area (Å²) in [5, 5.41) is 12.1. The molecule has 1 aromatic carbocycles. The van der Waals surface area contributed by atoms with Gasteiger partial charge >= 0.3 is 6.36 Å². The highest BCUT2D eigenvalue weighted by Crippen LogP contribution is 2.23. The molecule has 8 heteroatoms. The van der Waals surface area contributed by atoms with Crippen molar-refractivity contribution in [2.45, 2.75) is 12.5 Å². The van der Waals surface area contributed by atoms with E-state index in [1.165, 1.54) is 24.5 Å². The molecular weight excluding hydrogens is 303 g/mol. The molecule has 22 heavy (non-hydrogen) atoms. The number of aliphatic hydroxyl groups is 1. The second-order valence-corrected chi connectivity index (χ2v) is 4.32. The van der Waals surface area contributed by atoms with Crippen molar-refractivity contribution in [1.82, 2.24) is 5.32 Å². The molecule has 1 unspecified atom stereocenters. The second kappa shape index (κ2) is 6.52. The lowest BCUT2D eigenvalue weighted by molar-refractivity contribution is -0.274. The third kappa shape index (κ3) is 4.52. The van der Waals surface area contributed by atoms with Crippen LogP contribution >= 0.6 is 0 Å². The van der Waals surface area contributed by atoms with Gasteiger partial charge in [-0.3, -0.25) is 4.79 Å². The maximum Gasteiger partial charge on any atom is 0.573 e. The smallest absolute Gasteiger partial charge is 0.467 e. The zero-order chi connectivity index (χ0) is 16.2. The molecule has 0 saturated carbocycles. The average Bonchev–Trinajstić information content (AvgIpc) is 2.97. The summed E-state index contributed by atoms with van der Waals surface area (Å²) in [6.45, 7) is -0.142. The highest BCUT2D eigenvalue weighted by Gasteiger charge is 2.31. The minimum Gasteiger partial charge on any atom is -0.467 e.